The molecule has 0 fully saturated rings. The molecular formula is C17H22N4O. The van der Waals surface area contributed by atoms with Crippen LogP contribution in [0.15, 0.2) is 24.3 Å². The molecule has 1 aromatic carbocycles. The zero-order valence-electron chi connectivity index (χ0n) is 13.6. The predicted octanol–water partition coefficient (Wildman–Crippen LogP) is 2.71. The van der Waals surface area contributed by atoms with E-state index < -0.39 is 5.91 Å². The second-order valence-corrected chi connectivity index (χ2v) is 5.27. The van der Waals surface area contributed by atoms with E-state index in [0.717, 1.165) is 18.7 Å². The highest BCUT2D eigenvalue weighted by atomic mass is 16.1. The van der Waals surface area contributed by atoms with E-state index in [0.29, 0.717) is 11.6 Å². The molecule has 22 heavy (non-hydrogen) atoms. The SMILES string of the molecule is CCN(CC)c1nc(C(N)=O)cc(-c2ccc(C)c(C)c2)n1. The van der Waals surface area contributed by atoms with Crippen molar-refractivity contribution in [3.8, 4) is 11.3 Å². The van der Waals surface area contributed by atoms with Gasteiger partial charge in [0.05, 0.1) is 5.69 Å². The largest absolute Gasteiger partial charge is 0.364 e. The number of carbonyl (C=O) groups is 1. The van der Waals surface area contributed by atoms with Crippen LogP contribution in [0.1, 0.15) is 35.5 Å². The number of carbonyl (C=O) groups excluding carboxylic acids is 1. The molecule has 0 bridgehead atoms. The van der Waals surface area contributed by atoms with Gasteiger partial charge in [-0.15, -0.1) is 0 Å². The van der Waals surface area contributed by atoms with Crippen molar-refractivity contribution in [2.45, 2.75) is 27.7 Å². The second kappa shape index (κ2) is 6.56. The summed E-state index contributed by atoms with van der Waals surface area (Å²) in [6.45, 7) is 9.71. The summed E-state index contributed by atoms with van der Waals surface area (Å²) in [4.78, 5) is 22.5. The van der Waals surface area contributed by atoms with Gasteiger partial charge in [-0.25, -0.2) is 9.97 Å². The summed E-state index contributed by atoms with van der Waals surface area (Å²) in [5.74, 6) is -0.00424. The monoisotopic (exact) mass is 298 g/mol. The van der Waals surface area contributed by atoms with Gasteiger partial charge in [-0.05, 0) is 51.0 Å². The maximum Gasteiger partial charge on any atom is 0.267 e. The molecule has 2 aromatic rings. The fraction of sp³-hybridized carbons (Fsp3) is 0.353. The first-order chi connectivity index (χ1) is 10.5. The van der Waals surface area contributed by atoms with Crippen LogP contribution in [0, 0.1) is 13.8 Å². The van der Waals surface area contributed by atoms with Crippen LogP contribution in [0.2, 0.25) is 0 Å². The summed E-state index contributed by atoms with van der Waals surface area (Å²) in [7, 11) is 0. The topological polar surface area (TPSA) is 72.1 Å². The Kier molecular flexibility index (Phi) is 4.75. The van der Waals surface area contributed by atoms with Gasteiger partial charge < -0.3 is 10.6 Å². The molecule has 1 heterocycles. The van der Waals surface area contributed by atoms with Crippen molar-refractivity contribution < 1.29 is 4.79 Å². The van der Waals surface area contributed by atoms with Crippen LogP contribution in [0.3, 0.4) is 0 Å². The Labute approximate surface area is 131 Å². The smallest absolute Gasteiger partial charge is 0.267 e. The first kappa shape index (κ1) is 15.9. The first-order valence-electron chi connectivity index (χ1n) is 7.47. The number of primary amides is 1. The van der Waals surface area contributed by atoms with Crippen LogP contribution in [0.5, 0.6) is 0 Å². The number of hydrogen-bond acceptors (Lipinski definition) is 4. The minimum atomic E-state index is -0.541. The summed E-state index contributed by atoms with van der Waals surface area (Å²) < 4.78 is 0. The van der Waals surface area contributed by atoms with Gasteiger partial charge in [0.15, 0.2) is 0 Å². The molecule has 0 saturated heterocycles. The molecule has 1 aromatic heterocycles. The van der Waals surface area contributed by atoms with E-state index in [1.54, 1.807) is 6.07 Å². The number of nitrogens with two attached hydrogens (primary N) is 1. The number of anilines is 1. The molecule has 5 heteroatoms. The second-order valence-electron chi connectivity index (χ2n) is 5.27. The average molecular weight is 298 g/mol. The van der Waals surface area contributed by atoms with Gasteiger partial charge in [0.25, 0.3) is 5.91 Å². The lowest BCUT2D eigenvalue weighted by Crippen LogP contribution is -2.26. The summed E-state index contributed by atoms with van der Waals surface area (Å²) in [6, 6.07) is 7.77. The number of nitrogens with zero attached hydrogens (tertiary/aromatic N) is 3. The molecule has 0 aliphatic heterocycles. The fourth-order valence-electron chi connectivity index (χ4n) is 2.26. The number of rotatable bonds is 5. The van der Waals surface area contributed by atoms with E-state index in [9.17, 15) is 4.79 Å². The number of hydrogen-bond donors (Lipinski definition) is 1. The van der Waals surface area contributed by atoms with Crippen molar-refractivity contribution in [2.24, 2.45) is 5.73 Å². The van der Waals surface area contributed by atoms with E-state index in [4.69, 9.17) is 5.73 Å². The normalized spacial score (nSPS) is 10.5. The molecule has 0 aliphatic rings. The molecule has 0 aliphatic carbocycles. The molecule has 0 spiro atoms. The van der Waals surface area contributed by atoms with E-state index in [2.05, 4.69) is 29.9 Å². The molecule has 116 valence electrons. The van der Waals surface area contributed by atoms with Crippen molar-refractivity contribution in [1.29, 1.82) is 0 Å². The molecule has 0 atom stereocenters. The summed E-state index contributed by atoms with van der Waals surface area (Å²) in [6.07, 6.45) is 0. The number of benzene rings is 1. The van der Waals surface area contributed by atoms with Gasteiger partial charge in [0.2, 0.25) is 5.95 Å². The van der Waals surface area contributed by atoms with E-state index >= 15 is 0 Å². The summed E-state index contributed by atoms with van der Waals surface area (Å²) in [5, 5.41) is 0. The Morgan fingerprint density at radius 1 is 1.09 bits per heavy atom. The van der Waals surface area contributed by atoms with Crippen LogP contribution < -0.4 is 10.6 Å². The minimum absolute atomic E-state index is 0.241. The molecule has 0 radical (unpaired) electrons. The van der Waals surface area contributed by atoms with E-state index in [1.165, 1.54) is 11.1 Å². The third-order valence-corrected chi connectivity index (χ3v) is 3.82. The van der Waals surface area contributed by atoms with E-state index in [1.807, 2.05) is 30.9 Å². The highest BCUT2D eigenvalue weighted by Gasteiger charge is 2.14. The maximum atomic E-state index is 11.6. The fourth-order valence-corrected chi connectivity index (χ4v) is 2.26. The van der Waals surface area contributed by atoms with Crippen LogP contribution >= 0.6 is 0 Å². The molecule has 2 N–H and O–H groups in total. The van der Waals surface area contributed by atoms with Crippen molar-refractivity contribution in [3.63, 3.8) is 0 Å². The molecule has 0 unspecified atom stereocenters. The Bertz CT molecular complexity index is 693. The number of amides is 1. The first-order valence-corrected chi connectivity index (χ1v) is 7.47. The zero-order chi connectivity index (χ0) is 16.3. The van der Waals surface area contributed by atoms with Crippen LogP contribution in [-0.4, -0.2) is 29.0 Å². The van der Waals surface area contributed by atoms with Gasteiger partial charge in [-0.3, -0.25) is 4.79 Å². The highest BCUT2D eigenvalue weighted by molar-refractivity contribution is 5.92. The molecule has 0 saturated carbocycles. The molecule has 2 rings (SSSR count). The number of aryl methyl sites for hydroxylation is 2. The maximum absolute atomic E-state index is 11.6. The van der Waals surface area contributed by atoms with Gasteiger partial charge in [0, 0.05) is 18.7 Å². The third kappa shape index (κ3) is 3.24. The van der Waals surface area contributed by atoms with Gasteiger partial charge in [-0.2, -0.15) is 0 Å². The Morgan fingerprint density at radius 2 is 1.77 bits per heavy atom. The summed E-state index contributed by atoms with van der Waals surface area (Å²) >= 11 is 0. The Morgan fingerprint density at radius 3 is 2.32 bits per heavy atom. The van der Waals surface area contributed by atoms with Crippen LogP contribution in [-0.2, 0) is 0 Å². The summed E-state index contributed by atoms with van der Waals surface area (Å²) in [5.41, 5.74) is 9.74. The van der Waals surface area contributed by atoms with Crippen LogP contribution in [0.25, 0.3) is 11.3 Å². The quantitative estimate of drug-likeness (QED) is 0.921. The zero-order valence-corrected chi connectivity index (χ0v) is 13.6. The Balaban J connectivity index is 2.59. The molecule has 1 amide bonds. The van der Waals surface area contributed by atoms with Crippen molar-refractivity contribution in [3.05, 3.63) is 41.1 Å². The lowest BCUT2D eigenvalue weighted by atomic mass is 10.0. The highest BCUT2D eigenvalue weighted by Crippen LogP contribution is 2.23. The number of aromatic nitrogens is 2. The molecule has 5 nitrogen and oxygen atoms in total. The van der Waals surface area contributed by atoms with Gasteiger partial charge in [0.1, 0.15) is 5.69 Å². The van der Waals surface area contributed by atoms with Crippen molar-refractivity contribution >= 4 is 11.9 Å². The Hall–Kier alpha value is -2.43. The van der Waals surface area contributed by atoms with Gasteiger partial charge >= 0.3 is 0 Å². The predicted molar refractivity (Wildman–Crippen MR) is 89.0 cm³/mol. The average Bonchev–Trinajstić information content (AvgIpc) is 2.51. The van der Waals surface area contributed by atoms with Gasteiger partial charge in [-0.1, -0.05) is 12.1 Å². The standard InChI is InChI=1S/C17H22N4O/c1-5-21(6-2)17-19-14(10-15(20-17)16(18)22)13-8-7-11(3)12(4)9-13/h7-10H,5-6H2,1-4H3,(H2,18,22). The van der Waals surface area contributed by atoms with Crippen molar-refractivity contribution in [2.75, 3.05) is 18.0 Å². The minimum Gasteiger partial charge on any atom is -0.364 e. The lowest BCUT2D eigenvalue weighted by Gasteiger charge is -2.19. The third-order valence-electron chi connectivity index (χ3n) is 3.82. The lowest BCUT2D eigenvalue weighted by molar-refractivity contribution is 0.0995. The van der Waals surface area contributed by atoms with Crippen molar-refractivity contribution in [1.82, 2.24) is 9.97 Å². The molecular weight excluding hydrogens is 276 g/mol. The van der Waals surface area contributed by atoms with E-state index in [-0.39, 0.29) is 5.69 Å². The van der Waals surface area contributed by atoms with Crippen LogP contribution in [0.4, 0.5) is 5.95 Å².